The summed E-state index contributed by atoms with van der Waals surface area (Å²) in [6.45, 7) is 4.00. The Morgan fingerprint density at radius 2 is 1.52 bits per heavy atom. The third kappa shape index (κ3) is 3.66. The molecule has 2 rings (SSSR count). The summed E-state index contributed by atoms with van der Waals surface area (Å²) < 4.78 is 13.5. The van der Waals surface area contributed by atoms with Crippen LogP contribution in [0.5, 0.6) is 5.75 Å². The van der Waals surface area contributed by atoms with Gasteiger partial charge in [-0.25, -0.2) is 4.39 Å². The Morgan fingerprint density at radius 1 is 1.00 bits per heavy atom. The van der Waals surface area contributed by atoms with Crippen LogP contribution in [0, 0.1) is 5.82 Å². The molecular formula is C16H16FNO3. The van der Waals surface area contributed by atoms with E-state index in [1.165, 1.54) is 36.4 Å². The number of benzene rings is 2. The normalized spacial score (nSPS) is 9.48. The SMILES string of the molecule is CC.NC(=O)c1ccc(C(=O)c2c(O)cccc2F)cc1. The Kier molecular flexibility index (Phi) is 5.60. The third-order valence-corrected chi connectivity index (χ3v) is 2.65. The van der Waals surface area contributed by atoms with Crippen molar-refractivity contribution in [3.05, 3.63) is 65.0 Å². The molecule has 0 saturated carbocycles. The van der Waals surface area contributed by atoms with Crippen LogP contribution in [0.15, 0.2) is 42.5 Å². The summed E-state index contributed by atoms with van der Waals surface area (Å²) in [6.07, 6.45) is 0. The number of phenols is 1. The van der Waals surface area contributed by atoms with Gasteiger partial charge in [-0.05, 0) is 24.3 Å². The van der Waals surface area contributed by atoms with E-state index in [-0.39, 0.29) is 11.1 Å². The number of amides is 1. The number of hydrogen-bond acceptors (Lipinski definition) is 3. The quantitative estimate of drug-likeness (QED) is 0.852. The molecule has 1 amide bonds. The van der Waals surface area contributed by atoms with Gasteiger partial charge < -0.3 is 10.8 Å². The van der Waals surface area contributed by atoms with Gasteiger partial charge in [0.15, 0.2) is 5.78 Å². The van der Waals surface area contributed by atoms with Crippen molar-refractivity contribution in [2.24, 2.45) is 5.73 Å². The van der Waals surface area contributed by atoms with Crippen molar-refractivity contribution < 1.29 is 19.1 Å². The summed E-state index contributed by atoms with van der Waals surface area (Å²) in [4.78, 5) is 23.0. The summed E-state index contributed by atoms with van der Waals surface area (Å²) in [6, 6.07) is 9.07. The van der Waals surface area contributed by atoms with Crippen molar-refractivity contribution in [2.75, 3.05) is 0 Å². The third-order valence-electron chi connectivity index (χ3n) is 2.65. The second-order valence-corrected chi connectivity index (χ2v) is 3.90. The van der Waals surface area contributed by atoms with Crippen LogP contribution >= 0.6 is 0 Å². The molecule has 0 radical (unpaired) electrons. The number of rotatable bonds is 3. The predicted molar refractivity (Wildman–Crippen MR) is 77.8 cm³/mol. The van der Waals surface area contributed by atoms with Crippen molar-refractivity contribution in [1.82, 2.24) is 0 Å². The first-order chi connectivity index (χ1) is 10.0. The van der Waals surface area contributed by atoms with Crippen molar-refractivity contribution in [1.29, 1.82) is 0 Å². The molecule has 110 valence electrons. The maximum Gasteiger partial charge on any atom is 0.248 e. The summed E-state index contributed by atoms with van der Waals surface area (Å²) in [7, 11) is 0. The number of aromatic hydroxyl groups is 1. The smallest absolute Gasteiger partial charge is 0.248 e. The fourth-order valence-corrected chi connectivity index (χ4v) is 1.67. The zero-order valence-corrected chi connectivity index (χ0v) is 11.8. The molecule has 0 aliphatic rings. The standard InChI is InChI=1S/C14H10FNO3.C2H6/c15-10-2-1-3-11(17)12(10)13(18)8-4-6-9(7-5-8)14(16)19;1-2/h1-7,17H,(H2,16,19);1-2H3. The van der Waals surface area contributed by atoms with Crippen molar-refractivity contribution in [2.45, 2.75) is 13.8 Å². The fraction of sp³-hybridized carbons (Fsp3) is 0.125. The van der Waals surface area contributed by atoms with Gasteiger partial charge in [-0.1, -0.05) is 32.0 Å². The molecule has 0 saturated heterocycles. The zero-order valence-electron chi connectivity index (χ0n) is 11.8. The van der Waals surface area contributed by atoms with Crippen LogP contribution in [-0.4, -0.2) is 16.8 Å². The molecule has 0 aliphatic carbocycles. The average molecular weight is 289 g/mol. The number of carbonyl (C=O) groups is 2. The Labute approximate surface area is 122 Å². The molecule has 0 spiro atoms. The van der Waals surface area contributed by atoms with E-state index in [1.807, 2.05) is 13.8 Å². The minimum absolute atomic E-state index is 0.158. The van der Waals surface area contributed by atoms with Crippen LogP contribution in [0.2, 0.25) is 0 Å². The van der Waals surface area contributed by atoms with Gasteiger partial charge in [0.05, 0.1) is 5.56 Å². The molecule has 21 heavy (non-hydrogen) atoms. The molecule has 0 bridgehead atoms. The summed E-state index contributed by atoms with van der Waals surface area (Å²) in [5.74, 6) is -2.51. The molecule has 0 atom stereocenters. The van der Waals surface area contributed by atoms with Crippen LogP contribution in [0.1, 0.15) is 40.1 Å². The highest BCUT2D eigenvalue weighted by Crippen LogP contribution is 2.23. The van der Waals surface area contributed by atoms with Crippen molar-refractivity contribution >= 4 is 11.7 Å². The Bertz CT molecular complexity index is 631. The number of carbonyl (C=O) groups excluding carboxylic acids is 2. The Balaban J connectivity index is 0.00000106. The van der Waals surface area contributed by atoms with Gasteiger partial charge in [-0.3, -0.25) is 9.59 Å². The van der Waals surface area contributed by atoms with Crippen LogP contribution in [0.4, 0.5) is 4.39 Å². The highest BCUT2D eigenvalue weighted by Gasteiger charge is 2.18. The van der Waals surface area contributed by atoms with E-state index in [0.717, 1.165) is 6.07 Å². The first-order valence-corrected chi connectivity index (χ1v) is 6.42. The molecule has 2 aromatic carbocycles. The molecule has 0 heterocycles. The Hall–Kier alpha value is -2.69. The van der Waals surface area contributed by atoms with E-state index in [4.69, 9.17) is 5.73 Å². The van der Waals surface area contributed by atoms with Gasteiger partial charge in [-0.2, -0.15) is 0 Å². The minimum atomic E-state index is -0.802. The topological polar surface area (TPSA) is 80.4 Å². The van der Waals surface area contributed by atoms with Gasteiger partial charge in [0.25, 0.3) is 0 Å². The summed E-state index contributed by atoms with van der Waals surface area (Å²) >= 11 is 0. The van der Waals surface area contributed by atoms with Gasteiger partial charge in [0.2, 0.25) is 5.91 Å². The van der Waals surface area contributed by atoms with E-state index < -0.39 is 28.8 Å². The highest BCUT2D eigenvalue weighted by molar-refractivity contribution is 6.11. The number of primary amides is 1. The van der Waals surface area contributed by atoms with Gasteiger partial charge in [0.1, 0.15) is 11.6 Å². The number of ketones is 1. The largest absolute Gasteiger partial charge is 0.507 e. The van der Waals surface area contributed by atoms with Crippen LogP contribution in [-0.2, 0) is 0 Å². The molecular weight excluding hydrogens is 273 g/mol. The first-order valence-electron chi connectivity index (χ1n) is 6.42. The van der Waals surface area contributed by atoms with Crippen molar-refractivity contribution in [3.8, 4) is 5.75 Å². The number of hydrogen-bond donors (Lipinski definition) is 2. The second-order valence-electron chi connectivity index (χ2n) is 3.90. The number of halogens is 1. The van der Waals surface area contributed by atoms with Gasteiger partial charge in [0, 0.05) is 11.1 Å². The lowest BCUT2D eigenvalue weighted by Crippen LogP contribution is -2.11. The highest BCUT2D eigenvalue weighted by atomic mass is 19.1. The maximum atomic E-state index is 13.5. The lowest BCUT2D eigenvalue weighted by Gasteiger charge is -2.05. The number of nitrogens with two attached hydrogens (primary N) is 1. The van der Waals surface area contributed by atoms with E-state index in [0.29, 0.717) is 0 Å². The lowest BCUT2D eigenvalue weighted by atomic mass is 10.0. The predicted octanol–water partition coefficient (Wildman–Crippen LogP) is 2.89. The monoisotopic (exact) mass is 289 g/mol. The van der Waals surface area contributed by atoms with Gasteiger partial charge >= 0.3 is 0 Å². The molecule has 0 unspecified atom stereocenters. The lowest BCUT2D eigenvalue weighted by molar-refractivity contribution is 0.0996. The minimum Gasteiger partial charge on any atom is -0.507 e. The zero-order chi connectivity index (χ0) is 16.0. The number of phenolic OH excluding ortho intramolecular Hbond substituents is 1. The molecule has 0 fully saturated rings. The first kappa shape index (κ1) is 16.4. The average Bonchev–Trinajstić information content (AvgIpc) is 2.49. The van der Waals surface area contributed by atoms with E-state index in [2.05, 4.69) is 0 Å². The fourth-order valence-electron chi connectivity index (χ4n) is 1.67. The molecule has 5 heteroatoms. The second kappa shape index (κ2) is 7.19. The molecule has 0 aromatic heterocycles. The van der Waals surface area contributed by atoms with E-state index in [1.54, 1.807) is 0 Å². The summed E-state index contributed by atoms with van der Waals surface area (Å²) in [5.41, 5.74) is 5.08. The molecule has 4 nitrogen and oxygen atoms in total. The molecule has 2 aromatic rings. The van der Waals surface area contributed by atoms with E-state index >= 15 is 0 Å². The Morgan fingerprint density at radius 3 is 2.00 bits per heavy atom. The van der Waals surface area contributed by atoms with Crippen molar-refractivity contribution in [3.63, 3.8) is 0 Å². The van der Waals surface area contributed by atoms with Crippen LogP contribution in [0.3, 0.4) is 0 Å². The van der Waals surface area contributed by atoms with Gasteiger partial charge in [-0.15, -0.1) is 0 Å². The molecule has 0 aliphatic heterocycles. The maximum absolute atomic E-state index is 13.5. The van der Waals surface area contributed by atoms with Crippen LogP contribution < -0.4 is 5.73 Å². The van der Waals surface area contributed by atoms with E-state index in [9.17, 15) is 19.1 Å². The summed E-state index contributed by atoms with van der Waals surface area (Å²) in [5, 5.41) is 9.53. The molecule has 3 N–H and O–H groups in total. The van der Waals surface area contributed by atoms with Crippen LogP contribution in [0.25, 0.3) is 0 Å².